The number of hydrogen-bond acceptors (Lipinski definition) is 6. The number of aliphatic carboxylic acids is 1. The van der Waals surface area contributed by atoms with Crippen LogP contribution in [0.25, 0.3) is 16.9 Å². The number of carboxylic acid groups (broad SMARTS) is 1. The maximum Gasteiger partial charge on any atom is 0.306 e. The molecule has 0 spiro atoms. The number of anilines is 2. The van der Waals surface area contributed by atoms with Crippen LogP contribution in [0.2, 0.25) is 0 Å². The number of nitrogens with zero attached hydrogens (tertiary/aromatic N) is 4. The van der Waals surface area contributed by atoms with Crippen molar-refractivity contribution in [3.8, 4) is 17.0 Å². The summed E-state index contributed by atoms with van der Waals surface area (Å²) in [6.07, 6.45) is 6.64. The number of benzene rings is 2. The molecule has 1 fully saturated rings. The van der Waals surface area contributed by atoms with Crippen LogP contribution in [0, 0.1) is 11.7 Å². The fourth-order valence-corrected chi connectivity index (χ4v) is 4.86. The van der Waals surface area contributed by atoms with Gasteiger partial charge >= 0.3 is 5.97 Å². The van der Waals surface area contributed by atoms with Gasteiger partial charge in [0.25, 0.3) is 5.91 Å². The lowest BCUT2D eigenvalue weighted by atomic mass is 9.95. The van der Waals surface area contributed by atoms with E-state index < -0.39 is 17.7 Å². The Bertz CT molecular complexity index is 1510. The van der Waals surface area contributed by atoms with Crippen molar-refractivity contribution in [1.29, 1.82) is 0 Å². The molecule has 38 heavy (non-hydrogen) atoms. The van der Waals surface area contributed by atoms with Gasteiger partial charge in [-0.25, -0.2) is 14.4 Å². The highest BCUT2D eigenvalue weighted by molar-refractivity contribution is 5.96. The summed E-state index contributed by atoms with van der Waals surface area (Å²) in [5, 5.41) is 12.5. The molecular formula is C28H28FN5O4. The maximum absolute atomic E-state index is 14.3. The highest BCUT2D eigenvalue weighted by Gasteiger charge is 2.28. The van der Waals surface area contributed by atoms with E-state index in [4.69, 9.17) is 4.74 Å². The highest BCUT2D eigenvalue weighted by atomic mass is 19.1. The van der Waals surface area contributed by atoms with Gasteiger partial charge in [-0.3, -0.25) is 14.0 Å². The fourth-order valence-electron chi connectivity index (χ4n) is 4.86. The predicted molar refractivity (Wildman–Crippen MR) is 140 cm³/mol. The number of halogens is 1. The number of piperidine rings is 1. The van der Waals surface area contributed by atoms with Crippen LogP contribution in [0.15, 0.2) is 55.0 Å². The zero-order valence-electron chi connectivity index (χ0n) is 21.1. The highest BCUT2D eigenvalue weighted by Crippen LogP contribution is 2.29. The number of imidazole rings is 1. The van der Waals surface area contributed by atoms with E-state index in [0.717, 1.165) is 11.3 Å². The van der Waals surface area contributed by atoms with Crippen molar-refractivity contribution in [2.75, 3.05) is 25.5 Å². The van der Waals surface area contributed by atoms with Gasteiger partial charge in [0, 0.05) is 42.3 Å². The summed E-state index contributed by atoms with van der Waals surface area (Å²) in [6, 6.07) is 10.3. The number of carboxylic acids is 1. The van der Waals surface area contributed by atoms with E-state index in [1.807, 2.05) is 23.5 Å². The van der Waals surface area contributed by atoms with E-state index in [9.17, 15) is 19.1 Å². The quantitative estimate of drug-likeness (QED) is 0.363. The fraction of sp³-hybridized carbons (Fsp3) is 0.286. The molecule has 2 N–H and O–H groups in total. The van der Waals surface area contributed by atoms with Crippen molar-refractivity contribution < 1.29 is 23.8 Å². The lowest BCUT2D eigenvalue weighted by molar-refractivity contribution is -0.143. The van der Waals surface area contributed by atoms with Gasteiger partial charge in [0.2, 0.25) is 0 Å². The molecule has 2 aromatic carbocycles. The van der Waals surface area contributed by atoms with E-state index in [0.29, 0.717) is 60.6 Å². The number of nitrogens with one attached hydrogen (secondary N) is 1. The Hall–Kier alpha value is -4.47. The Morgan fingerprint density at radius 2 is 1.95 bits per heavy atom. The number of amides is 1. The Morgan fingerprint density at radius 3 is 2.63 bits per heavy atom. The molecular weight excluding hydrogens is 489 g/mol. The normalized spacial score (nSPS) is 14.0. The first-order chi connectivity index (χ1) is 18.4. The van der Waals surface area contributed by atoms with E-state index in [-0.39, 0.29) is 11.7 Å². The monoisotopic (exact) mass is 517 g/mol. The minimum absolute atomic E-state index is 0.0814. The first-order valence-electron chi connectivity index (χ1n) is 12.5. The van der Waals surface area contributed by atoms with Gasteiger partial charge in [-0.05, 0) is 61.2 Å². The van der Waals surface area contributed by atoms with E-state index in [1.165, 1.54) is 13.2 Å². The maximum atomic E-state index is 14.3. The van der Waals surface area contributed by atoms with Gasteiger partial charge in [-0.2, -0.15) is 0 Å². The van der Waals surface area contributed by atoms with Crippen LogP contribution in [0.5, 0.6) is 5.75 Å². The number of carbonyl (C=O) groups excluding carboxylic acids is 1. The van der Waals surface area contributed by atoms with Crippen molar-refractivity contribution in [2.24, 2.45) is 5.92 Å². The number of methoxy groups -OCH3 is 1. The molecule has 0 bridgehead atoms. The summed E-state index contributed by atoms with van der Waals surface area (Å²) in [5.74, 6) is -1.04. The van der Waals surface area contributed by atoms with Crippen molar-refractivity contribution in [1.82, 2.24) is 19.3 Å². The van der Waals surface area contributed by atoms with Crippen LogP contribution in [0.4, 0.5) is 15.9 Å². The first kappa shape index (κ1) is 25.2. The summed E-state index contributed by atoms with van der Waals surface area (Å²) in [6.45, 7) is 2.86. The Balaban J connectivity index is 1.38. The molecule has 0 saturated carbocycles. The third kappa shape index (κ3) is 4.77. The smallest absolute Gasteiger partial charge is 0.306 e. The molecule has 196 valence electrons. The number of likely N-dealkylation sites (tertiary alicyclic amines) is 1. The van der Waals surface area contributed by atoms with Crippen molar-refractivity contribution in [2.45, 2.75) is 26.2 Å². The van der Waals surface area contributed by atoms with Gasteiger partial charge in [0.05, 0.1) is 24.9 Å². The summed E-state index contributed by atoms with van der Waals surface area (Å²) in [4.78, 5) is 35.1. The van der Waals surface area contributed by atoms with Crippen LogP contribution >= 0.6 is 0 Å². The third-order valence-electron chi connectivity index (χ3n) is 6.99. The summed E-state index contributed by atoms with van der Waals surface area (Å²) >= 11 is 0. The lowest BCUT2D eigenvalue weighted by Gasteiger charge is -2.30. The van der Waals surface area contributed by atoms with Gasteiger partial charge < -0.3 is 20.1 Å². The zero-order valence-corrected chi connectivity index (χ0v) is 21.1. The van der Waals surface area contributed by atoms with Crippen LogP contribution in [-0.2, 0) is 11.2 Å². The Morgan fingerprint density at radius 1 is 1.16 bits per heavy atom. The molecule has 9 nitrogen and oxygen atoms in total. The minimum Gasteiger partial charge on any atom is -0.494 e. The summed E-state index contributed by atoms with van der Waals surface area (Å²) in [5.41, 5.74) is 4.17. The minimum atomic E-state index is -0.800. The predicted octanol–water partition coefficient (Wildman–Crippen LogP) is 4.79. The molecule has 3 heterocycles. The van der Waals surface area contributed by atoms with Gasteiger partial charge in [0.15, 0.2) is 23.0 Å². The van der Waals surface area contributed by atoms with E-state index >= 15 is 0 Å². The molecule has 1 aliphatic rings. The number of aromatic nitrogens is 3. The van der Waals surface area contributed by atoms with Crippen molar-refractivity contribution >= 4 is 29.0 Å². The van der Waals surface area contributed by atoms with Crippen molar-refractivity contribution in [3.63, 3.8) is 0 Å². The Labute approximate surface area is 218 Å². The van der Waals surface area contributed by atoms with Crippen molar-refractivity contribution in [3.05, 3.63) is 71.9 Å². The number of ether oxygens (including phenoxy) is 1. The second-order valence-electron chi connectivity index (χ2n) is 9.22. The number of hydrogen-bond donors (Lipinski definition) is 2. The van der Waals surface area contributed by atoms with Crippen LogP contribution in [0.1, 0.15) is 35.7 Å². The first-order valence-corrected chi connectivity index (χ1v) is 12.5. The van der Waals surface area contributed by atoms with Crippen LogP contribution in [-0.4, -0.2) is 56.5 Å². The lowest BCUT2D eigenvalue weighted by Crippen LogP contribution is -2.40. The number of carbonyl (C=O) groups is 2. The van der Waals surface area contributed by atoms with Gasteiger partial charge in [-0.1, -0.05) is 6.92 Å². The standard InChI is InChI=1S/C28H28FN5O4/c1-3-17-14-20(5-6-21(17)27(35)33-11-8-18(9-12-33)28(36)37)32-25-26-31-16-23(34(26)13-10-30-25)19-4-7-24(38-2)22(29)15-19/h4-7,10,13-16,18H,3,8-9,11-12H2,1-2H3,(H,30,32)(H,36,37). The molecule has 0 atom stereocenters. The molecule has 1 saturated heterocycles. The largest absolute Gasteiger partial charge is 0.494 e. The van der Waals surface area contributed by atoms with E-state index in [2.05, 4.69) is 15.3 Å². The molecule has 5 rings (SSSR count). The topological polar surface area (TPSA) is 109 Å². The number of aryl methyl sites for hydroxylation is 1. The average Bonchev–Trinajstić information content (AvgIpc) is 3.38. The van der Waals surface area contributed by atoms with Crippen LogP contribution < -0.4 is 10.1 Å². The molecule has 10 heteroatoms. The average molecular weight is 518 g/mol. The molecule has 0 unspecified atom stereocenters. The molecule has 2 aromatic heterocycles. The van der Waals surface area contributed by atoms with E-state index in [1.54, 1.807) is 41.7 Å². The summed E-state index contributed by atoms with van der Waals surface area (Å²) in [7, 11) is 1.42. The van der Waals surface area contributed by atoms with Gasteiger partial charge in [-0.15, -0.1) is 0 Å². The molecule has 4 aromatic rings. The molecule has 1 aliphatic heterocycles. The second-order valence-corrected chi connectivity index (χ2v) is 9.22. The third-order valence-corrected chi connectivity index (χ3v) is 6.99. The molecule has 0 aliphatic carbocycles. The zero-order chi connectivity index (χ0) is 26.8. The number of rotatable bonds is 7. The molecule has 0 radical (unpaired) electrons. The summed E-state index contributed by atoms with van der Waals surface area (Å²) < 4.78 is 21.2. The van der Waals surface area contributed by atoms with Crippen LogP contribution in [0.3, 0.4) is 0 Å². The molecule has 1 amide bonds. The Kier molecular flexibility index (Phi) is 6.95. The second kappa shape index (κ2) is 10.5. The SMILES string of the molecule is CCc1cc(Nc2nccn3c(-c4ccc(OC)c(F)c4)cnc23)ccc1C(=O)N1CCC(C(=O)O)CC1. The van der Waals surface area contributed by atoms with Gasteiger partial charge in [0.1, 0.15) is 0 Å². The number of fused-ring (bicyclic) bond motifs is 1.